The molecule has 17 heavy (non-hydrogen) atoms. The predicted molar refractivity (Wildman–Crippen MR) is 66.9 cm³/mol. The lowest BCUT2D eigenvalue weighted by Crippen LogP contribution is -1.96. The number of allylic oxidation sites excluding steroid dienone is 2. The van der Waals surface area contributed by atoms with E-state index in [2.05, 4.69) is 0 Å². The van der Waals surface area contributed by atoms with E-state index in [4.69, 9.17) is 0 Å². The Morgan fingerprint density at radius 1 is 1.29 bits per heavy atom. The van der Waals surface area contributed by atoms with Gasteiger partial charge in [-0.2, -0.15) is 0 Å². The summed E-state index contributed by atoms with van der Waals surface area (Å²) in [6, 6.07) is 9.23. The molecule has 1 aromatic carbocycles. The Labute approximate surface area is 101 Å². The molecule has 0 N–H and O–H groups in total. The van der Waals surface area contributed by atoms with Crippen molar-refractivity contribution < 1.29 is 9.59 Å². The summed E-state index contributed by atoms with van der Waals surface area (Å²) in [6.07, 6.45) is 6.73. The van der Waals surface area contributed by atoms with Crippen molar-refractivity contribution in [3.05, 3.63) is 48.0 Å². The third-order valence-electron chi connectivity index (χ3n) is 3.14. The van der Waals surface area contributed by atoms with E-state index in [1.807, 2.05) is 36.4 Å². The molecule has 2 rings (SSSR count). The minimum Gasteiger partial charge on any atom is -0.300 e. The Bertz CT molecular complexity index is 431. The maximum Gasteiger partial charge on any atom is 0.185 e. The van der Waals surface area contributed by atoms with Crippen LogP contribution in [0.25, 0.3) is 0 Å². The van der Waals surface area contributed by atoms with Gasteiger partial charge >= 0.3 is 0 Å². The molecule has 2 nitrogen and oxygen atoms in total. The molecule has 0 spiro atoms. The number of carbonyl (C=O) groups excluding carboxylic acids is 2. The fraction of sp³-hybridized carbons (Fsp3) is 0.333. The summed E-state index contributed by atoms with van der Waals surface area (Å²) in [6.45, 7) is 0. The zero-order chi connectivity index (χ0) is 12.1. The number of hydrogen-bond acceptors (Lipinski definition) is 2. The first-order valence-electron chi connectivity index (χ1n) is 6.03. The molecule has 0 aliphatic heterocycles. The molecule has 1 saturated carbocycles. The van der Waals surface area contributed by atoms with Gasteiger partial charge in [-0.15, -0.1) is 0 Å². The van der Waals surface area contributed by atoms with Crippen LogP contribution in [0.4, 0.5) is 0 Å². The first kappa shape index (κ1) is 11.8. The fourth-order valence-electron chi connectivity index (χ4n) is 2.16. The van der Waals surface area contributed by atoms with E-state index in [-0.39, 0.29) is 5.78 Å². The van der Waals surface area contributed by atoms with Gasteiger partial charge < -0.3 is 0 Å². The average molecular weight is 228 g/mol. The normalized spacial score (nSPS) is 20.0. The topological polar surface area (TPSA) is 34.1 Å². The zero-order valence-electron chi connectivity index (χ0n) is 9.76. The molecule has 0 amide bonds. The van der Waals surface area contributed by atoms with E-state index < -0.39 is 0 Å². The Morgan fingerprint density at radius 2 is 2.06 bits per heavy atom. The van der Waals surface area contributed by atoms with Crippen LogP contribution in [0.5, 0.6) is 0 Å². The molecule has 1 fully saturated rings. The van der Waals surface area contributed by atoms with Gasteiger partial charge in [-0.25, -0.2) is 0 Å². The minimum atomic E-state index is 0.0370. The standard InChI is InChI=1S/C15H16O2/c16-14-10-9-12(11-14)5-4-8-15(17)13-6-2-1-3-7-13/h1-4,6-8,12H,5,9-11H2/b8-4+. The maximum absolute atomic E-state index is 11.7. The molecule has 1 aliphatic rings. The molecule has 1 atom stereocenters. The average Bonchev–Trinajstić information content (AvgIpc) is 2.76. The highest BCUT2D eigenvalue weighted by Crippen LogP contribution is 2.25. The molecule has 0 radical (unpaired) electrons. The van der Waals surface area contributed by atoms with Gasteiger partial charge in [-0.1, -0.05) is 36.4 Å². The van der Waals surface area contributed by atoms with Crippen molar-refractivity contribution in [3.63, 3.8) is 0 Å². The Balaban J connectivity index is 1.85. The zero-order valence-corrected chi connectivity index (χ0v) is 9.76. The molecule has 0 bridgehead atoms. The van der Waals surface area contributed by atoms with E-state index in [0.717, 1.165) is 12.8 Å². The highest BCUT2D eigenvalue weighted by atomic mass is 16.1. The summed E-state index contributed by atoms with van der Waals surface area (Å²) in [5.74, 6) is 0.843. The quantitative estimate of drug-likeness (QED) is 0.586. The molecular formula is C15H16O2. The Hall–Kier alpha value is -1.70. The summed E-state index contributed by atoms with van der Waals surface area (Å²) >= 11 is 0. The number of ketones is 2. The summed E-state index contributed by atoms with van der Waals surface area (Å²) < 4.78 is 0. The predicted octanol–water partition coefficient (Wildman–Crippen LogP) is 3.18. The van der Waals surface area contributed by atoms with Crippen LogP contribution < -0.4 is 0 Å². The lowest BCUT2D eigenvalue weighted by Gasteiger charge is -2.01. The second kappa shape index (κ2) is 5.58. The van der Waals surface area contributed by atoms with Crippen LogP contribution in [0, 0.1) is 5.92 Å². The lowest BCUT2D eigenvalue weighted by atomic mass is 10.0. The SMILES string of the molecule is O=C1CCC(C/C=C/C(=O)c2ccccc2)C1. The number of carbonyl (C=O) groups is 2. The van der Waals surface area contributed by atoms with Crippen molar-refractivity contribution in [1.82, 2.24) is 0 Å². The van der Waals surface area contributed by atoms with Crippen molar-refractivity contribution in [2.24, 2.45) is 5.92 Å². The summed E-state index contributed by atoms with van der Waals surface area (Å²) in [7, 11) is 0. The van der Waals surface area contributed by atoms with Crippen molar-refractivity contribution in [2.75, 3.05) is 0 Å². The van der Waals surface area contributed by atoms with Gasteiger partial charge in [0, 0.05) is 18.4 Å². The van der Waals surface area contributed by atoms with Crippen LogP contribution >= 0.6 is 0 Å². The molecule has 1 unspecified atom stereocenters. The summed E-state index contributed by atoms with van der Waals surface area (Å²) in [4.78, 5) is 22.8. The first-order valence-corrected chi connectivity index (χ1v) is 6.03. The van der Waals surface area contributed by atoms with E-state index in [1.165, 1.54) is 0 Å². The number of Topliss-reactive ketones (excluding diaryl/α,β-unsaturated/α-hetero) is 1. The van der Waals surface area contributed by atoms with Gasteiger partial charge in [0.25, 0.3) is 0 Å². The highest BCUT2D eigenvalue weighted by molar-refractivity contribution is 6.04. The minimum absolute atomic E-state index is 0.0370. The smallest absolute Gasteiger partial charge is 0.185 e. The van der Waals surface area contributed by atoms with Crippen LogP contribution in [-0.4, -0.2) is 11.6 Å². The van der Waals surface area contributed by atoms with Gasteiger partial charge in [-0.3, -0.25) is 9.59 Å². The largest absolute Gasteiger partial charge is 0.300 e. The van der Waals surface area contributed by atoms with Crippen molar-refractivity contribution in [3.8, 4) is 0 Å². The highest BCUT2D eigenvalue weighted by Gasteiger charge is 2.20. The van der Waals surface area contributed by atoms with Crippen molar-refractivity contribution in [2.45, 2.75) is 25.7 Å². The van der Waals surface area contributed by atoms with E-state index in [1.54, 1.807) is 6.08 Å². The van der Waals surface area contributed by atoms with E-state index in [9.17, 15) is 9.59 Å². The number of rotatable bonds is 4. The Morgan fingerprint density at radius 3 is 2.71 bits per heavy atom. The monoisotopic (exact) mass is 228 g/mol. The number of benzene rings is 1. The fourth-order valence-corrected chi connectivity index (χ4v) is 2.16. The third kappa shape index (κ3) is 3.38. The van der Waals surface area contributed by atoms with Gasteiger partial charge in [0.15, 0.2) is 5.78 Å². The maximum atomic E-state index is 11.7. The lowest BCUT2D eigenvalue weighted by molar-refractivity contribution is -0.117. The van der Waals surface area contributed by atoms with Crippen molar-refractivity contribution >= 4 is 11.6 Å². The molecule has 0 heterocycles. The number of hydrogen-bond donors (Lipinski definition) is 0. The van der Waals surface area contributed by atoms with Crippen LogP contribution in [0.15, 0.2) is 42.5 Å². The Kier molecular flexibility index (Phi) is 3.86. The third-order valence-corrected chi connectivity index (χ3v) is 3.14. The van der Waals surface area contributed by atoms with Crippen molar-refractivity contribution in [1.29, 1.82) is 0 Å². The molecule has 0 saturated heterocycles. The van der Waals surface area contributed by atoms with Crippen LogP contribution in [0.2, 0.25) is 0 Å². The molecule has 2 heteroatoms. The van der Waals surface area contributed by atoms with Crippen LogP contribution in [-0.2, 0) is 4.79 Å². The van der Waals surface area contributed by atoms with Gasteiger partial charge in [-0.05, 0) is 24.8 Å². The molecule has 88 valence electrons. The van der Waals surface area contributed by atoms with E-state index >= 15 is 0 Å². The van der Waals surface area contributed by atoms with Gasteiger partial charge in [0.05, 0.1) is 0 Å². The van der Waals surface area contributed by atoms with Gasteiger partial charge in [0.2, 0.25) is 0 Å². The second-order valence-electron chi connectivity index (χ2n) is 4.52. The summed E-state index contributed by atoms with van der Waals surface area (Å²) in [5, 5.41) is 0. The molecule has 1 aliphatic carbocycles. The van der Waals surface area contributed by atoms with Crippen LogP contribution in [0.3, 0.4) is 0 Å². The van der Waals surface area contributed by atoms with Crippen LogP contribution in [0.1, 0.15) is 36.0 Å². The molecule has 0 aromatic heterocycles. The second-order valence-corrected chi connectivity index (χ2v) is 4.52. The van der Waals surface area contributed by atoms with Gasteiger partial charge in [0.1, 0.15) is 5.78 Å². The summed E-state index contributed by atoms with van der Waals surface area (Å²) in [5.41, 5.74) is 0.714. The molecular weight excluding hydrogens is 212 g/mol. The first-order chi connectivity index (χ1) is 8.25. The van der Waals surface area contributed by atoms with E-state index in [0.29, 0.717) is 30.1 Å². The molecule has 1 aromatic rings.